The van der Waals surface area contributed by atoms with Gasteiger partial charge in [0.25, 0.3) is 5.91 Å². The topological polar surface area (TPSA) is 77.0 Å². The number of hydrogen-bond donors (Lipinski definition) is 0. The fourth-order valence-corrected chi connectivity index (χ4v) is 3.34. The molecule has 1 amide bonds. The third kappa shape index (κ3) is 4.18. The summed E-state index contributed by atoms with van der Waals surface area (Å²) in [5.74, 6) is -1.63. The number of rotatable bonds is 6. The van der Waals surface area contributed by atoms with Gasteiger partial charge in [-0.1, -0.05) is 5.16 Å². The van der Waals surface area contributed by atoms with Crippen molar-refractivity contribution < 1.29 is 22.5 Å². The molecule has 3 aromatic heterocycles. The minimum atomic E-state index is -4.67. The van der Waals surface area contributed by atoms with E-state index in [-0.39, 0.29) is 11.7 Å². The van der Waals surface area contributed by atoms with E-state index in [2.05, 4.69) is 19.8 Å². The van der Waals surface area contributed by atoms with Crippen LogP contribution in [0.2, 0.25) is 0 Å². The first-order valence-electron chi connectivity index (χ1n) is 8.14. The zero-order valence-corrected chi connectivity index (χ0v) is 15.3. The largest absolute Gasteiger partial charge is 0.471 e. The van der Waals surface area contributed by atoms with Crippen molar-refractivity contribution in [2.24, 2.45) is 0 Å². The number of carbonyl (C=O) groups excluding carboxylic acids is 1. The maximum absolute atomic E-state index is 12.5. The lowest BCUT2D eigenvalue weighted by Crippen LogP contribution is -2.30. The van der Waals surface area contributed by atoms with Gasteiger partial charge in [-0.3, -0.25) is 9.48 Å². The fraction of sp³-hybridized carbons (Fsp3) is 0.375. The van der Waals surface area contributed by atoms with Gasteiger partial charge in [0.1, 0.15) is 5.69 Å². The lowest BCUT2D eigenvalue weighted by atomic mass is 10.3. The first kappa shape index (κ1) is 19.1. The molecular weight excluding hydrogens is 383 g/mol. The molecule has 3 rings (SSSR count). The van der Waals surface area contributed by atoms with E-state index in [1.807, 2.05) is 13.8 Å². The van der Waals surface area contributed by atoms with Crippen molar-refractivity contribution in [3.63, 3.8) is 0 Å². The second kappa shape index (κ2) is 7.51. The Balaban J connectivity index is 1.71. The lowest BCUT2D eigenvalue weighted by Gasteiger charge is -2.16. The van der Waals surface area contributed by atoms with E-state index in [0.29, 0.717) is 30.2 Å². The number of alkyl halides is 3. The van der Waals surface area contributed by atoms with E-state index < -0.39 is 12.1 Å². The van der Waals surface area contributed by atoms with Crippen LogP contribution < -0.4 is 0 Å². The molecule has 3 aromatic rings. The maximum atomic E-state index is 12.5. The Kier molecular flexibility index (Phi) is 5.31. The lowest BCUT2D eigenvalue weighted by molar-refractivity contribution is -0.159. The Morgan fingerprint density at radius 1 is 1.26 bits per heavy atom. The monoisotopic (exact) mass is 399 g/mol. The van der Waals surface area contributed by atoms with Crippen LogP contribution in [-0.4, -0.2) is 43.8 Å². The van der Waals surface area contributed by atoms with Crippen molar-refractivity contribution >= 4 is 17.2 Å². The Hall–Kier alpha value is -2.69. The van der Waals surface area contributed by atoms with Gasteiger partial charge in [0.15, 0.2) is 0 Å². The molecule has 0 radical (unpaired) electrons. The average Bonchev–Trinajstić information content (AvgIpc) is 3.35. The summed E-state index contributed by atoms with van der Waals surface area (Å²) in [7, 11) is 0. The van der Waals surface area contributed by atoms with Crippen molar-refractivity contribution in [3.05, 3.63) is 40.9 Å². The maximum Gasteiger partial charge on any atom is 0.471 e. The van der Waals surface area contributed by atoms with Crippen molar-refractivity contribution in [2.45, 2.75) is 26.6 Å². The van der Waals surface area contributed by atoms with Crippen molar-refractivity contribution in [1.29, 1.82) is 0 Å². The Bertz CT molecular complexity index is 927. The van der Waals surface area contributed by atoms with Crippen LogP contribution in [0.1, 0.15) is 35.1 Å². The third-order valence-electron chi connectivity index (χ3n) is 3.78. The minimum Gasteiger partial charge on any atom is -0.338 e. The zero-order chi connectivity index (χ0) is 19.6. The molecule has 0 N–H and O–H groups in total. The molecule has 0 aliphatic carbocycles. The van der Waals surface area contributed by atoms with Gasteiger partial charge in [-0.25, -0.2) is 0 Å². The highest BCUT2D eigenvalue weighted by Crippen LogP contribution is 2.31. The number of amides is 1. The molecule has 0 aliphatic rings. The first-order valence-corrected chi connectivity index (χ1v) is 8.96. The summed E-state index contributed by atoms with van der Waals surface area (Å²) in [6.45, 7) is 5.36. The molecule has 0 bridgehead atoms. The molecule has 7 nitrogen and oxygen atoms in total. The van der Waals surface area contributed by atoms with Gasteiger partial charge < -0.3 is 9.42 Å². The molecular formula is C16H16F3N5O2S. The molecule has 27 heavy (non-hydrogen) atoms. The number of aromatic nitrogens is 4. The van der Waals surface area contributed by atoms with E-state index in [9.17, 15) is 18.0 Å². The van der Waals surface area contributed by atoms with Crippen LogP contribution >= 0.6 is 11.3 Å². The summed E-state index contributed by atoms with van der Waals surface area (Å²) >= 11 is 1.23. The van der Waals surface area contributed by atoms with E-state index in [0.717, 1.165) is 4.88 Å². The summed E-state index contributed by atoms with van der Waals surface area (Å²) in [5, 5.41) is 7.64. The Labute approximate surface area is 156 Å². The predicted octanol–water partition coefficient (Wildman–Crippen LogP) is 3.54. The molecule has 0 fully saturated rings. The van der Waals surface area contributed by atoms with Gasteiger partial charge in [-0.05, 0) is 32.0 Å². The standard InChI is InChI=1S/C16H16F3N5O2S/c1-3-23(4-2)14(25)11-7-8-24(21-11)9-10-5-6-12(27-10)13-20-15(26-22-13)16(17,18)19/h5-8H,3-4,9H2,1-2H3. The van der Waals surface area contributed by atoms with Crippen LogP contribution in [-0.2, 0) is 12.7 Å². The SMILES string of the molecule is CCN(CC)C(=O)c1ccn(Cc2ccc(-c3noc(C(F)(F)F)n3)s2)n1. The van der Waals surface area contributed by atoms with Gasteiger partial charge in [-0.15, -0.1) is 11.3 Å². The highest BCUT2D eigenvalue weighted by molar-refractivity contribution is 7.15. The number of carbonyl (C=O) groups is 1. The highest BCUT2D eigenvalue weighted by Gasteiger charge is 2.38. The van der Waals surface area contributed by atoms with Gasteiger partial charge >= 0.3 is 12.1 Å². The average molecular weight is 399 g/mol. The molecule has 11 heteroatoms. The van der Waals surface area contributed by atoms with Crippen molar-refractivity contribution in [1.82, 2.24) is 24.8 Å². The van der Waals surface area contributed by atoms with Crippen LogP contribution in [0, 0.1) is 0 Å². The summed E-state index contributed by atoms with van der Waals surface area (Å²) in [6, 6.07) is 5.01. The quantitative estimate of drug-likeness (QED) is 0.634. The van der Waals surface area contributed by atoms with Crippen LogP contribution in [0.5, 0.6) is 0 Å². The van der Waals surface area contributed by atoms with Crippen LogP contribution in [0.15, 0.2) is 28.9 Å². The molecule has 144 valence electrons. The molecule has 0 saturated carbocycles. The second-order valence-electron chi connectivity index (χ2n) is 5.56. The number of nitrogens with zero attached hydrogens (tertiary/aromatic N) is 5. The molecule has 0 aliphatic heterocycles. The molecule has 0 spiro atoms. The van der Waals surface area contributed by atoms with E-state index in [4.69, 9.17) is 0 Å². The Morgan fingerprint density at radius 2 is 2.00 bits per heavy atom. The predicted molar refractivity (Wildman–Crippen MR) is 91.2 cm³/mol. The minimum absolute atomic E-state index is 0.114. The Morgan fingerprint density at radius 3 is 2.63 bits per heavy atom. The van der Waals surface area contributed by atoms with E-state index >= 15 is 0 Å². The zero-order valence-electron chi connectivity index (χ0n) is 14.5. The summed E-state index contributed by atoms with van der Waals surface area (Å²) in [5.41, 5.74) is 0.350. The number of halogens is 3. The molecule has 0 atom stereocenters. The number of hydrogen-bond acceptors (Lipinski definition) is 6. The van der Waals surface area contributed by atoms with Gasteiger partial charge in [0.2, 0.25) is 5.82 Å². The van der Waals surface area contributed by atoms with Crippen molar-refractivity contribution in [3.8, 4) is 10.7 Å². The van der Waals surface area contributed by atoms with Gasteiger partial charge in [0, 0.05) is 24.2 Å². The summed E-state index contributed by atoms with van der Waals surface area (Å²) in [4.78, 5) is 18.6. The van der Waals surface area contributed by atoms with Gasteiger partial charge in [0.05, 0.1) is 11.4 Å². The molecule has 3 heterocycles. The van der Waals surface area contributed by atoms with Gasteiger partial charge in [-0.2, -0.15) is 23.3 Å². The first-order chi connectivity index (χ1) is 12.8. The normalized spacial score (nSPS) is 11.7. The van der Waals surface area contributed by atoms with E-state index in [1.165, 1.54) is 11.3 Å². The van der Waals surface area contributed by atoms with Crippen LogP contribution in [0.3, 0.4) is 0 Å². The summed E-state index contributed by atoms with van der Waals surface area (Å²) in [6.07, 6.45) is -2.99. The van der Waals surface area contributed by atoms with Crippen molar-refractivity contribution in [2.75, 3.05) is 13.1 Å². The molecule has 0 saturated heterocycles. The smallest absolute Gasteiger partial charge is 0.338 e. The fourth-order valence-electron chi connectivity index (χ4n) is 2.42. The number of thiophene rings is 1. The molecule has 0 aromatic carbocycles. The highest BCUT2D eigenvalue weighted by atomic mass is 32.1. The third-order valence-corrected chi connectivity index (χ3v) is 4.84. The summed E-state index contributed by atoms with van der Waals surface area (Å²) < 4.78 is 43.5. The van der Waals surface area contributed by atoms with E-state index in [1.54, 1.807) is 34.0 Å². The van der Waals surface area contributed by atoms with Crippen LogP contribution in [0.4, 0.5) is 13.2 Å². The van der Waals surface area contributed by atoms with Crippen LogP contribution in [0.25, 0.3) is 10.7 Å². The molecule has 0 unspecified atom stereocenters. The second-order valence-corrected chi connectivity index (χ2v) is 6.73.